The van der Waals surface area contributed by atoms with Crippen LogP contribution in [0.2, 0.25) is 0 Å². The standard InChI is InChI=1S/C21H29N3O4S2/c1-15-6-2-3-7-17(15)22-20(25)13-24-18-12-16(8-9-19(18)29-14-21(24)26)30(27,28)23-10-4-5-11-23/h8-9,12,15,17H,2-7,10-11,13-14H2,1H3,(H,22,25)/t15-,17-/m1/s1. The van der Waals surface area contributed by atoms with Crippen molar-refractivity contribution in [3.8, 4) is 0 Å². The maximum atomic E-state index is 13.0. The minimum atomic E-state index is -3.59. The van der Waals surface area contributed by atoms with Gasteiger partial charge in [-0.05, 0) is 49.8 Å². The Bertz CT molecular complexity index is 928. The van der Waals surface area contributed by atoms with E-state index in [0.717, 1.165) is 37.0 Å². The van der Waals surface area contributed by atoms with E-state index in [1.807, 2.05) is 0 Å². The highest BCUT2D eigenvalue weighted by Crippen LogP contribution is 2.37. The van der Waals surface area contributed by atoms with Crippen LogP contribution in [0.3, 0.4) is 0 Å². The minimum absolute atomic E-state index is 0.0805. The second-order valence-electron chi connectivity index (χ2n) is 8.45. The number of sulfonamides is 1. The predicted octanol–water partition coefficient (Wildman–Crippen LogP) is 2.60. The van der Waals surface area contributed by atoms with Crippen LogP contribution in [0, 0.1) is 5.92 Å². The zero-order valence-electron chi connectivity index (χ0n) is 17.3. The molecule has 1 aromatic rings. The van der Waals surface area contributed by atoms with Gasteiger partial charge in [-0.2, -0.15) is 4.31 Å². The molecular weight excluding hydrogens is 422 g/mol. The fraction of sp³-hybridized carbons (Fsp3) is 0.619. The maximum Gasteiger partial charge on any atom is 0.243 e. The Morgan fingerprint density at radius 3 is 2.63 bits per heavy atom. The third-order valence-corrected chi connectivity index (χ3v) is 9.28. The van der Waals surface area contributed by atoms with Crippen molar-refractivity contribution in [3.05, 3.63) is 18.2 Å². The lowest BCUT2D eigenvalue weighted by molar-refractivity contribution is -0.123. The van der Waals surface area contributed by atoms with Gasteiger partial charge in [0.2, 0.25) is 21.8 Å². The molecule has 2 heterocycles. The Morgan fingerprint density at radius 1 is 1.17 bits per heavy atom. The second kappa shape index (κ2) is 8.88. The number of amides is 2. The lowest BCUT2D eigenvalue weighted by Crippen LogP contribution is -2.48. The highest BCUT2D eigenvalue weighted by molar-refractivity contribution is 8.00. The first-order valence-corrected chi connectivity index (χ1v) is 13.2. The van der Waals surface area contributed by atoms with Crippen LogP contribution in [0.4, 0.5) is 5.69 Å². The zero-order chi connectivity index (χ0) is 21.3. The molecule has 1 N–H and O–H groups in total. The number of nitrogens with zero attached hydrogens (tertiary/aromatic N) is 2. The summed E-state index contributed by atoms with van der Waals surface area (Å²) in [7, 11) is -3.59. The summed E-state index contributed by atoms with van der Waals surface area (Å²) in [5.41, 5.74) is 0.517. The molecule has 1 aromatic carbocycles. The number of hydrogen-bond acceptors (Lipinski definition) is 5. The number of anilines is 1. The van der Waals surface area contributed by atoms with Crippen LogP contribution < -0.4 is 10.2 Å². The van der Waals surface area contributed by atoms with E-state index in [0.29, 0.717) is 24.7 Å². The summed E-state index contributed by atoms with van der Waals surface area (Å²) in [5.74, 6) is 0.320. The molecule has 7 nitrogen and oxygen atoms in total. The Labute approximate surface area is 182 Å². The molecule has 0 aromatic heterocycles. The van der Waals surface area contributed by atoms with Crippen molar-refractivity contribution in [3.63, 3.8) is 0 Å². The van der Waals surface area contributed by atoms with Gasteiger partial charge in [-0.25, -0.2) is 8.42 Å². The Balaban J connectivity index is 1.55. The normalized spacial score (nSPS) is 25.2. The Morgan fingerprint density at radius 2 is 1.90 bits per heavy atom. The smallest absolute Gasteiger partial charge is 0.243 e. The SMILES string of the molecule is C[C@@H]1CCCC[C@H]1NC(=O)CN1C(=O)CSc2ccc(S(=O)(=O)N3CCCC3)cc21. The number of carbonyl (C=O) groups excluding carboxylic acids is 2. The van der Waals surface area contributed by atoms with Crippen LogP contribution in [0.25, 0.3) is 0 Å². The van der Waals surface area contributed by atoms with Gasteiger partial charge in [-0.15, -0.1) is 11.8 Å². The molecule has 0 bridgehead atoms. The van der Waals surface area contributed by atoms with Crippen LogP contribution in [0.1, 0.15) is 45.4 Å². The highest BCUT2D eigenvalue weighted by atomic mass is 32.2. The van der Waals surface area contributed by atoms with Gasteiger partial charge in [0.15, 0.2) is 0 Å². The lowest BCUT2D eigenvalue weighted by Gasteiger charge is -2.32. The van der Waals surface area contributed by atoms with Gasteiger partial charge in [0, 0.05) is 24.0 Å². The molecule has 9 heteroatoms. The van der Waals surface area contributed by atoms with Crippen molar-refractivity contribution in [1.82, 2.24) is 9.62 Å². The fourth-order valence-corrected chi connectivity index (χ4v) is 6.97. The zero-order valence-corrected chi connectivity index (χ0v) is 18.9. The molecule has 164 valence electrons. The molecule has 3 aliphatic rings. The Kier molecular flexibility index (Phi) is 6.41. The number of nitrogens with one attached hydrogen (secondary N) is 1. The number of fused-ring (bicyclic) bond motifs is 1. The first kappa shape index (κ1) is 21.6. The van der Waals surface area contributed by atoms with Gasteiger partial charge < -0.3 is 10.2 Å². The molecular formula is C21H29N3O4S2. The molecule has 30 heavy (non-hydrogen) atoms. The number of thioether (sulfide) groups is 1. The molecule has 2 atom stereocenters. The fourth-order valence-electron chi connectivity index (χ4n) is 4.52. The van der Waals surface area contributed by atoms with E-state index in [9.17, 15) is 18.0 Å². The van der Waals surface area contributed by atoms with Crippen LogP contribution in [-0.2, 0) is 19.6 Å². The molecule has 0 spiro atoms. The molecule has 1 aliphatic carbocycles. The van der Waals surface area contributed by atoms with Gasteiger partial charge in [0.05, 0.1) is 16.3 Å². The van der Waals surface area contributed by atoms with Crippen molar-refractivity contribution in [2.75, 3.05) is 30.3 Å². The molecule has 1 saturated heterocycles. The van der Waals surface area contributed by atoms with Gasteiger partial charge in [0.25, 0.3) is 0 Å². The van der Waals surface area contributed by atoms with Gasteiger partial charge in [0.1, 0.15) is 6.54 Å². The number of benzene rings is 1. The summed E-state index contributed by atoms with van der Waals surface area (Å²) in [6.45, 7) is 3.12. The third-order valence-electron chi connectivity index (χ3n) is 6.34. The van der Waals surface area contributed by atoms with Gasteiger partial charge in [-0.3, -0.25) is 9.59 Å². The highest BCUT2D eigenvalue weighted by Gasteiger charge is 2.32. The van der Waals surface area contributed by atoms with Crippen molar-refractivity contribution >= 4 is 39.3 Å². The predicted molar refractivity (Wildman–Crippen MR) is 117 cm³/mol. The van der Waals surface area contributed by atoms with E-state index < -0.39 is 10.0 Å². The molecule has 2 aliphatic heterocycles. The van der Waals surface area contributed by atoms with Crippen LogP contribution in [0.15, 0.2) is 28.0 Å². The summed E-state index contributed by atoms with van der Waals surface area (Å²) < 4.78 is 27.4. The molecule has 4 rings (SSSR count). The molecule has 0 unspecified atom stereocenters. The van der Waals surface area contributed by atoms with Gasteiger partial charge >= 0.3 is 0 Å². The van der Waals surface area contributed by atoms with Crippen molar-refractivity contribution < 1.29 is 18.0 Å². The summed E-state index contributed by atoms with van der Waals surface area (Å²) in [6, 6.07) is 5.06. The monoisotopic (exact) mass is 451 g/mol. The summed E-state index contributed by atoms with van der Waals surface area (Å²) >= 11 is 1.38. The van der Waals surface area contributed by atoms with E-state index >= 15 is 0 Å². The van der Waals surface area contributed by atoms with E-state index in [1.165, 1.54) is 27.4 Å². The Hall–Kier alpha value is -1.58. The first-order valence-electron chi connectivity index (χ1n) is 10.7. The molecule has 2 amide bonds. The molecule has 0 radical (unpaired) electrons. The van der Waals surface area contributed by atoms with Crippen LogP contribution >= 0.6 is 11.8 Å². The van der Waals surface area contributed by atoms with E-state index in [1.54, 1.807) is 18.2 Å². The summed E-state index contributed by atoms with van der Waals surface area (Å²) in [5, 5.41) is 3.09. The summed E-state index contributed by atoms with van der Waals surface area (Å²) in [6.07, 6.45) is 6.09. The van der Waals surface area contributed by atoms with Crippen LogP contribution in [0.5, 0.6) is 0 Å². The maximum absolute atomic E-state index is 13.0. The van der Waals surface area contributed by atoms with Crippen molar-refractivity contribution in [2.45, 2.75) is 61.3 Å². The first-order chi connectivity index (χ1) is 14.4. The number of carbonyl (C=O) groups is 2. The minimum Gasteiger partial charge on any atom is -0.352 e. The quantitative estimate of drug-likeness (QED) is 0.744. The van der Waals surface area contributed by atoms with Crippen LogP contribution in [-0.4, -0.2) is 56.0 Å². The topological polar surface area (TPSA) is 86.8 Å². The number of rotatable bonds is 5. The molecule has 2 fully saturated rings. The van der Waals surface area contributed by atoms with Gasteiger partial charge in [-0.1, -0.05) is 19.8 Å². The third kappa shape index (κ3) is 4.38. The average molecular weight is 452 g/mol. The number of hydrogen-bond donors (Lipinski definition) is 1. The lowest BCUT2D eigenvalue weighted by atomic mass is 9.86. The second-order valence-corrected chi connectivity index (χ2v) is 11.4. The van der Waals surface area contributed by atoms with E-state index in [-0.39, 0.29) is 35.0 Å². The van der Waals surface area contributed by atoms with Crippen molar-refractivity contribution in [1.29, 1.82) is 0 Å². The van der Waals surface area contributed by atoms with E-state index in [2.05, 4.69) is 12.2 Å². The average Bonchev–Trinajstić information content (AvgIpc) is 3.27. The largest absolute Gasteiger partial charge is 0.352 e. The van der Waals surface area contributed by atoms with Crippen molar-refractivity contribution in [2.24, 2.45) is 5.92 Å². The summed E-state index contributed by atoms with van der Waals surface area (Å²) in [4.78, 5) is 27.8. The molecule has 1 saturated carbocycles. The van der Waals surface area contributed by atoms with E-state index in [4.69, 9.17) is 0 Å².